The molecule has 0 fully saturated rings. The number of aryl methyl sites for hydroxylation is 1. The molecule has 0 saturated heterocycles. The van der Waals surface area contributed by atoms with Gasteiger partial charge in [-0.25, -0.2) is 9.48 Å². The topological polar surface area (TPSA) is 65.3 Å². The highest BCUT2D eigenvalue weighted by molar-refractivity contribution is 5.96. The fourth-order valence-electron chi connectivity index (χ4n) is 4.29. The molecule has 4 aromatic rings. The molecule has 0 atom stereocenters. The molecular weight excluding hydrogens is 438 g/mol. The molecule has 0 aliphatic rings. The lowest BCUT2D eigenvalue weighted by Crippen LogP contribution is -2.21. The molecule has 0 aliphatic carbocycles. The Balaban J connectivity index is 1.63. The van der Waals surface area contributed by atoms with Crippen molar-refractivity contribution < 1.29 is 9.53 Å². The van der Waals surface area contributed by atoms with Crippen LogP contribution in [0.2, 0.25) is 0 Å². The third-order valence-electron chi connectivity index (χ3n) is 6.36. The molecule has 0 saturated carbocycles. The second kappa shape index (κ2) is 10.1. The second-order valence-electron chi connectivity index (χ2n) is 8.99. The summed E-state index contributed by atoms with van der Waals surface area (Å²) in [5.74, 6) is -0.473. The largest absolute Gasteiger partial charge is 0.456 e. The van der Waals surface area contributed by atoms with Crippen molar-refractivity contribution in [3.8, 4) is 5.69 Å². The summed E-state index contributed by atoms with van der Waals surface area (Å²) < 4.78 is 9.17. The first kappa shape index (κ1) is 24.1. The third kappa shape index (κ3) is 4.78. The lowest BCUT2D eigenvalue weighted by atomic mass is 10.0. The molecule has 4 rings (SSSR count). The highest BCUT2D eigenvalue weighted by atomic mass is 16.5. The number of carbonyl (C=O) groups excluding carboxylic acids is 1. The molecule has 0 amide bonds. The van der Waals surface area contributed by atoms with E-state index in [0.29, 0.717) is 22.5 Å². The number of ether oxygens (including phenoxy) is 1. The van der Waals surface area contributed by atoms with Crippen LogP contribution in [0, 0.1) is 13.8 Å². The van der Waals surface area contributed by atoms with Gasteiger partial charge in [-0.05, 0) is 61.2 Å². The average molecular weight is 470 g/mol. The molecule has 3 aromatic carbocycles. The Bertz CT molecular complexity index is 1420. The minimum absolute atomic E-state index is 0.00424. The van der Waals surface area contributed by atoms with Crippen LogP contribution >= 0.6 is 0 Å². The average Bonchev–Trinajstić information content (AvgIpc) is 3.10. The minimum Gasteiger partial charge on any atom is -0.456 e. The van der Waals surface area contributed by atoms with Crippen LogP contribution in [0.5, 0.6) is 0 Å². The first-order valence-electron chi connectivity index (χ1n) is 11.7. The van der Waals surface area contributed by atoms with E-state index in [2.05, 4.69) is 18.3 Å². The molecule has 1 N–H and O–H groups in total. The molecule has 0 bridgehead atoms. The Morgan fingerprint density at radius 3 is 2.29 bits per heavy atom. The summed E-state index contributed by atoms with van der Waals surface area (Å²) in [6, 6.07) is 22.8. The first-order chi connectivity index (χ1) is 16.8. The van der Waals surface area contributed by atoms with E-state index in [1.54, 1.807) is 15.4 Å². The lowest BCUT2D eigenvalue weighted by Gasteiger charge is -2.15. The summed E-state index contributed by atoms with van der Waals surface area (Å²) in [5, 5.41) is 3.38. The van der Waals surface area contributed by atoms with Gasteiger partial charge in [-0.3, -0.25) is 9.48 Å². The zero-order valence-electron chi connectivity index (χ0n) is 20.8. The Hall–Kier alpha value is -4.06. The number of hydrogen-bond donors (Lipinski definition) is 1. The number of benzene rings is 3. The summed E-state index contributed by atoms with van der Waals surface area (Å²) in [6.45, 7) is 8.04. The van der Waals surface area contributed by atoms with E-state index in [9.17, 15) is 9.59 Å². The molecule has 0 spiro atoms. The summed E-state index contributed by atoms with van der Waals surface area (Å²) >= 11 is 0. The van der Waals surface area contributed by atoms with Gasteiger partial charge in [-0.15, -0.1) is 0 Å². The number of esters is 1. The van der Waals surface area contributed by atoms with Crippen molar-refractivity contribution in [1.29, 1.82) is 0 Å². The number of rotatable bonds is 7. The number of nitrogens with zero attached hydrogens (tertiary/aromatic N) is 2. The maximum Gasteiger partial charge on any atom is 0.340 e. The quantitative estimate of drug-likeness (QED) is 0.336. The summed E-state index contributed by atoms with van der Waals surface area (Å²) in [5.41, 5.74) is 6.33. The lowest BCUT2D eigenvalue weighted by molar-refractivity contribution is 0.0462. The van der Waals surface area contributed by atoms with Gasteiger partial charge < -0.3 is 10.1 Å². The molecule has 1 aromatic heterocycles. The normalized spacial score (nSPS) is 11.0. The summed E-state index contributed by atoms with van der Waals surface area (Å²) in [4.78, 5) is 26.5. The van der Waals surface area contributed by atoms with Gasteiger partial charge >= 0.3 is 5.97 Å². The van der Waals surface area contributed by atoms with E-state index in [0.717, 1.165) is 16.9 Å². The van der Waals surface area contributed by atoms with Crippen LogP contribution in [0.25, 0.3) is 5.69 Å². The fraction of sp³-hybridized carbons (Fsp3) is 0.241. The van der Waals surface area contributed by atoms with Crippen molar-refractivity contribution in [3.63, 3.8) is 0 Å². The van der Waals surface area contributed by atoms with E-state index in [-0.39, 0.29) is 18.1 Å². The highest BCUT2D eigenvalue weighted by Gasteiger charge is 2.23. The number of carbonyl (C=O) groups is 1. The Kier molecular flexibility index (Phi) is 6.92. The van der Waals surface area contributed by atoms with Gasteiger partial charge in [-0.1, -0.05) is 56.3 Å². The molecule has 0 unspecified atom stereocenters. The van der Waals surface area contributed by atoms with Crippen molar-refractivity contribution >= 4 is 17.3 Å². The van der Waals surface area contributed by atoms with Gasteiger partial charge in [0.2, 0.25) is 0 Å². The van der Waals surface area contributed by atoms with Gasteiger partial charge in [0.25, 0.3) is 5.56 Å². The van der Waals surface area contributed by atoms with Crippen LogP contribution < -0.4 is 10.9 Å². The fourth-order valence-corrected chi connectivity index (χ4v) is 4.29. The zero-order valence-corrected chi connectivity index (χ0v) is 20.8. The predicted molar refractivity (Wildman–Crippen MR) is 140 cm³/mol. The van der Waals surface area contributed by atoms with Crippen LogP contribution in [0.3, 0.4) is 0 Å². The molecule has 180 valence electrons. The molecule has 0 radical (unpaired) electrons. The van der Waals surface area contributed by atoms with E-state index < -0.39 is 5.97 Å². The SMILES string of the molecule is Cc1cccc(Nc2ccccc2C(=O)OCc2c(C(C)C)c(=O)n(-c3ccccc3)n2C)c1C. The van der Waals surface area contributed by atoms with Gasteiger partial charge in [0.1, 0.15) is 6.61 Å². The molecule has 6 nitrogen and oxygen atoms in total. The zero-order chi connectivity index (χ0) is 25.1. The Morgan fingerprint density at radius 1 is 0.914 bits per heavy atom. The minimum atomic E-state index is -0.451. The first-order valence-corrected chi connectivity index (χ1v) is 11.7. The van der Waals surface area contributed by atoms with E-state index in [1.807, 2.05) is 88.5 Å². The molecule has 6 heteroatoms. The van der Waals surface area contributed by atoms with Crippen LogP contribution in [-0.4, -0.2) is 15.3 Å². The number of nitrogens with one attached hydrogen (secondary N) is 1. The van der Waals surface area contributed by atoms with Gasteiger partial charge in [0, 0.05) is 18.3 Å². The molecule has 0 aliphatic heterocycles. The van der Waals surface area contributed by atoms with Crippen molar-refractivity contribution in [2.45, 2.75) is 40.2 Å². The second-order valence-corrected chi connectivity index (χ2v) is 8.99. The standard InChI is InChI=1S/C29H31N3O3/c1-19(2)27-26(31(5)32(28(27)33)22-13-7-6-8-14-22)18-35-29(34)23-15-9-10-16-25(23)30-24-17-11-12-20(3)21(24)4/h6-17,19,30H,18H2,1-5H3. The summed E-state index contributed by atoms with van der Waals surface area (Å²) in [6.07, 6.45) is 0. The van der Waals surface area contributed by atoms with Gasteiger partial charge in [0.15, 0.2) is 0 Å². The smallest absolute Gasteiger partial charge is 0.340 e. The predicted octanol–water partition coefficient (Wildman–Crippen LogP) is 6.02. The number of anilines is 2. The van der Waals surface area contributed by atoms with Crippen LogP contribution in [0.15, 0.2) is 77.6 Å². The van der Waals surface area contributed by atoms with Crippen LogP contribution in [0.4, 0.5) is 11.4 Å². The van der Waals surface area contributed by atoms with E-state index in [1.165, 1.54) is 5.56 Å². The molecular formula is C29H31N3O3. The number of aromatic nitrogens is 2. The van der Waals surface area contributed by atoms with Crippen LogP contribution in [0.1, 0.15) is 52.5 Å². The maximum absolute atomic E-state index is 13.3. The molecule has 35 heavy (non-hydrogen) atoms. The summed E-state index contributed by atoms with van der Waals surface area (Å²) in [7, 11) is 1.82. The van der Waals surface area contributed by atoms with Crippen molar-refractivity contribution in [2.75, 3.05) is 5.32 Å². The van der Waals surface area contributed by atoms with Crippen molar-refractivity contribution in [1.82, 2.24) is 9.36 Å². The highest BCUT2D eigenvalue weighted by Crippen LogP contribution is 2.26. The van der Waals surface area contributed by atoms with Crippen LogP contribution in [-0.2, 0) is 18.4 Å². The van der Waals surface area contributed by atoms with Gasteiger partial charge in [-0.2, -0.15) is 0 Å². The Labute approximate surface area is 205 Å². The number of hydrogen-bond acceptors (Lipinski definition) is 4. The maximum atomic E-state index is 13.3. The van der Waals surface area contributed by atoms with E-state index in [4.69, 9.17) is 4.74 Å². The molecule has 1 heterocycles. The number of para-hydroxylation sites is 2. The van der Waals surface area contributed by atoms with E-state index >= 15 is 0 Å². The third-order valence-corrected chi connectivity index (χ3v) is 6.36. The monoisotopic (exact) mass is 469 g/mol. The van der Waals surface area contributed by atoms with Crippen molar-refractivity contribution in [3.05, 3.63) is 111 Å². The van der Waals surface area contributed by atoms with Gasteiger partial charge in [0.05, 0.1) is 22.6 Å². The van der Waals surface area contributed by atoms with Crippen molar-refractivity contribution in [2.24, 2.45) is 7.05 Å². The Morgan fingerprint density at radius 2 is 1.57 bits per heavy atom.